The van der Waals surface area contributed by atoms with E-state index in [0.717, 1.165) is 12.2 Å². The van der Waals surface area contributed by atoms with Gasteiger partial charge in [-0.05, 0) is 41.5 Å². The highest BCUT2D eigenvalue weighted by molar-refractivity contribution is 5.87. The maximum Gasteiger partial charge on any atom is 0.280 e. The summed E-state index contributed by atoms with van der Waals surface area (Å²) >= 11 is 0. The van der Waals surface area contributed by atoms with E-state index in [-0.39, 0.29) is 46.9 Å². The third kappa shape index (κ3) is 44.9. The third-order valence-electron chi connectivity index (χ3n) is 1.24. The molecule has 3 N–H and O–H groups in total. The molecule has 0 aromatic heterocycles. The molecule has 0 aromatic carbocycles. The van der Waals surface area contributed by atoms with Crippen LogP contribution in [0.15, 0.2) is 24.0 Å². The van der Waals surface area contributed by atoms with Crippen LogP contribution in [0, 0.1) is 0 Å². The Bertz CT molecular complexity index is 328. The third-order valence-corrected chi connectivity index (χ3v) is 1.24. The van der Waals surface area contributed by atoms with Crippen molar-refractivity contribution in [2.45, 2.75) is 47.6 Å². The van der Waals surface area contributed by atoms with Gasteiger partial charge in [-0.2, -0.15) is 0 Å². The molecule has 0 heterocycles. The molecule has 0 aliphatic heterocycles. The summed E-state index contributed by atoms with van der Waals surface area (Å²) in [7, 11) is 0. The minimum absolute atomic E-state index is 0. The van der Waals surface area contributed by atoms with Gasteiger partial charge in [0, 0.05) is 23.5 Å². The molecular weight excluding hydrogens is 319 g/mol. The van der Waals surface area contributed by atoms with E-state index in [2.05, 4.69) is 9.47 Å². The summed E-state index contributed by atoms with van der Waals surface area (Å²) in [6.45, 7) is 10.3. The van der Waals surface area contributed by atoms with E-state index in [4.69, 9.17) is 15.3 Å². The zero-order valence-electron chi connectivity index (χ0n) is 14.7. The predicted octanol–water partition coefficient (Wildman–Crippen LogP) is 2.03. The lowest BCUT2D eigenvalue weighted by molar-refractivity contribution is -0.114. The Morgan fingerprint density at radius 2 is 1.13 bits per heavy atom. The number of hydrogen-bond acceptors (Lipinski definition) is 7. The van der Waals surface area contributed by atoms with Gasteiger partial charge in [0.1, 0.15) is 0 Å². The zero-order chi connectivity index (χ0) is 18.1. The quantitative estimate of drug-likeness (QED) is 0.383. The monoisotopic (exact) mass is 347 g/mol. The fraction of sp³-hybridized carbons (Fsp3) is 0.600. The molecule has 0 spiro atoms. The number of hydrogen-bond donors (Lipinski definition) is 3. The van der Waals surface area contributed by atoms with Crippen LogP contribution in [0.1, 0.15) is 41.5 Å². The number of aliphatic hydroxyl groups excluding tert-OH is 3. The van der Waals surface area contributed by atoms with Crippen LogP contribution in [0.3, 0.4) is 0 Å². The average molecular weight is 347 g/mol. The van der Waals surface area contributed by atoms with Gasteiger partial charge >= 0.3 is 0 Å². The Kier molecular flexibility index (Phi) is 26.3. The van der Waals surface area contributed by atoms with Crippen LogP contribution in [0.5, 0.6) is 0 Å². The summed E-state index contributed by atoms with van der Waals surface area (Å²) in [6, 6.07) is 0. The fourth-order valence-electron chi connectivity index (χ4n) is 0.727. The molecule has 3 radical (unpaired) electrons. The molecule has 0 amide bonds. The first-order valence-corrected chi connectivity index (χ1v) is 6.82. The van der Waals surface area contributed by atoms with Crippen molar-refractivity contribution < 1.29 is 34.4 Å². The van der Waals surface area contributed by atoms with Gasteiger partial charge in [-0.3, -0.25) is 9.59 Å². The highest BCUT2D eigenvalue weighted by Gasteiger charge is 1.92. The predicted molar refractivity (Wildman–Crippen MR) is 89.1 cm³/mol. The lowest BCUT2D eigenvalue weighted by Crippen LogP contribution is -1.93. The summed E-state index contributed by atoms with van der Waals surface area (Å²) in [4.78, 5) is 20.4. The van der Waals surface area contributed by atoms with Gasteiger partial charge in [-0.25, -0.2) is 0 Å². The van der Waals surface area contributed by atoms with Crippen LogP contribution in [0.25, 0.3) is 0 Å². The molecule has 0 saturated carbocycles. The highest BCUT2D eigenvalue weighted by atomic mass is 27.0. The minimum Gasteiger partial charge on any atom is -0.481 e. The fourth-order valence-corrected chi connectivity index (χ4v) is 0.727. The molecular formula is C15H28AlO7. The minimum atomic E-state index is -0.315. The van der Waals surface area contributed by atoms with Crippen molar-refractivity contribution in [3.63, 3.8) is 0 Å². The molecule has 0 atom stereocenters. The van der Waals surface area contributed by atoms with Crippen LogP contribution < -0.4 is 0 Å². The Labute approximate surface area is 148 Å². The van der Waals surface area contributed by atoms with Crippen molar-refractivity contribution in [2.24, 2.45) is 0 Å². The number of allylic oxidation sites excluding steroid dienone is 2. The first kappa shape index (κ1) is 29.5. The van der Waals surface area contributed by atoms with Crippen LogP contribution in [0.4, 0.5) is 0 Å². The van der Waals surface area contributed by atoms with Crippen LogP contribution >= 0.6 is 0 Å². The maximum atomic E-state index is 10.2. The lowest BCUT2D eigenvalue weighted by Gasteiger charge is -1.96. The molecule has 0 bridgehead atoms. The standard InChI is InChI=1S/2C6H10O3.C3H8O.Al/c2*1-3-9-6(8)4-5(2)7;1-3(2)4;/h2*4,8H,3H2,1-2H3;3-4H,1-2H3;. The van der Waals surface area contributed by atoms with Gasteiger partial charge in [0.25, 0.3) is 11.9 Å². The first-order valence-electron chi connectivity index (χ1n) is 6.82. The molecule has 8 heteroatoms. The molecule has 0 unspecified atom stereocenters. The largest absolute Gasteiger partial charge is 0.481 e. The molecule has 0 saturated heterocycles. The number of ether oxygens (including phenoxy) is 2. The van der Waals surface area contributed by atoms with Gasteiger partial charge in [0.15, 0.2) is 11.6 Å². The van der Waals surface area contributed by atoms with Gasteiger partial charge in [0.05, 0.1) is 25.4 Å². The second-order valence-corrected chi connectivity index (χ2v) is 4.15. The maximum absolute atomic E-state index is 10.2. The molecule has 0 aromatic rings. The van der Waals surface area contributed by atoms with Crippen molar-refractivity contribution in [1.29, 1.82) is 0 Å². The van der Waals surface area contributed by atoms with E-state index in [0.29, 0.717) is 13.2 Å². The van der Waals surface area contributed by atoms with E-state index >= 15 is 0 Å². The Hall–Kier alpha value is -1.49. The summed E-state index contributed by atoms with van der Waals surface area (Å²) in [5.74, 6) is -1.07. The number of ketones is 2. The van der Waals surface area contributed by atoms with Gasteiger partial charge in [0.2, 0.25) is 0 Å². The lowest BCUT2D eigenvalue weighted by atomic mass is 10.4. The van der Waals surface area contributed by atoms with Crippen molar-refractivity contribution in [2.75, 3.05) is 13.2 Å². The molecule has 0 rings (SSSR count). The normalized spacial score (nSPS) is 10.3. The van der Waals surface area contributed by atoms with Crippen LogP contribution in [0.2, 0.25) is 0 Å². The van der Waals surface area contributed by atoms with Gasteiger partial charge in [-0.15, -0.1) is 0 Å². The van der Waals surface area contributed by atoms with E-state index in [1.807, 2.05) is 0 Å². The summed E-state index contributed by atoms with van der Waals surface area (Å²) in [6.07, 6.45) is 1.90. The molecule has 0 aliphatic carbocycles. The average Bonchev–Trinajstić information content (AvgIpc) is 2.26. The van der Waals surface area contributed by atoms with Crippen LogP contribution in [-0.2, 0) is 19.1 Å². The Balaban J connectivity index is -0.000000124. The van der Waals surface area contributed by atoms with Gasteiger partial charge < -0.3 is 24.8 Å². The number of aliphatic hydroxyl groups is 3. The van der Waals surface area contributed by atoms with E-state index in [1.54, 1.807) is 27.7 Å². The second kappa shape index (κ2) is 20.5. The number of carbonyl (C=O) groups excluding carboxylic acids is 2. The first-order chi connectivity index (χ1) is 10.1. The molecule has 0 aliphatic rings. The van der Waals surface area contributed by atoms with Crippen molar-refractivity contribution in [1.82, 2.24) is 0 Å². The molecule has 23 heavy (non-hydrogen) atoms. The topological polar surface area (TPSA) is 113 Å². The van der Waals surface area contributed by atoms with Crippen LogP contribution in [-0.4, -0.2) is 63.6 Å². The van der Waals surface area contributed by atoms with Crippen molar-refractivity contribution in [3.8, 4) is 0 Å². The van der Waals surface area contributed by atoms with E-state index in [1.165, 1.54) is 13.8 Å². The number of rotatable bonds is 6. The second-order valence-electron chi connectivity index (χ2n) is 4.15. The molecule has 7 nitrogen and oxygen atoms in total. The highest BCUT2D eigenvalue weighted by Crippen LogP contribution is 1.90. The summed E-state index contributed by atoms with van der Waals surface area (Å²) in [5.41, 5.74) is 0. The summed E-state index contributed by atoms with van der Waals surface area (Å²) in [5, 5.41) is 25.3. The van der Waals surface area contributed by atoms with Crippen molar-refractivity contribution >= 4 is 28.9 Å². The SMILES string of the molecule is CC(C)O.CCOC(O)=CC(C)=O.CCOC(O)=CC(C)=O.[Al]. The zero-order valence-corrected chi connectivity index (χ0v) is 15.9. The van der Waals surface area contributed by atoms with Crippen molar-refractivity contribution in [3.05, 3.63) is 24.0 Å². The number of carbonyl (C=O) groups is 2. The molecule has 0 fully saturated rings. The van der Waals surface area contributed by atoms with Gasteiger partial charge in [-0.1, -0.05) is 0 Å². The van der Waals surface area contributed by atoms with E-state index < -0.39 is 0 Å². The summed E-state index contributed by atoms with van der Waals surface area (Å²) < 4.78 is 9.10. The smallest absolute Gasteiger partial charge is 0.280 e. The van der Waals surface area contributed by atoms with E-state index in [9.17, 15) is 9.59 Å². The Morgan fingerprint density at radius 1 is 0.913 bits per heavy atom. The molecule has 133 valence electrons. The Morgan fingerprint density at radius 3 is 1.26 bits per heavy atom.